The predicted octanol–water partition coefficient (Wildman–Crippen LogP) is 3.71. The van der Waals surface area contributed by atoms with Crippen molar-refractivity contribution in [1.29, 1.82) is 0 Å². The van der Waals surface area contributed by atoms with Gasteiger partial charge in [-0.05, 0) is 40.4 Å². The molecule has 0 saturated heterocycles. The molecule has 0 spiro atoms. The van der Waals surface area contributed by atoms with Gasteiger partial charge in [0.2, 0.25) is 0 Å². The van der Waals surface area contributed by atoms with Crippen LogP contribution in [0.3, 0.4) is 0 Å². The lowest BCUT2D eigenvalue weighted by molar-refractivity contribution is -0.135. The number of hydrogen-bond acceptors (Lipinski definition) is 2. The Hall–Kier alpha value is -0.830. The first kappa shape index (κ1) is 12.2. The maximum atomic E-state index is 11.4. The first-order valence-corrected chi connectivity index (χ1v) is 5.75. The van der Waals surface area contributed by atoms with Gasteiger partial charge in [-0.3, -0.25) is 4.79 Å². The molecule has 2 nitrogen and oxygen atoms in total. The van der Waals surface area contributed by atoms with Gasteiger partial charge in [0.25, 0.3) is 0 Å². The van der Waals surface area contributed by atoms with Crippen molar-refractivity contribution in [2.24, 2.45) is 5.92 Å². The SMILES string of the molecule is Cc1cccc(OC(=O)CC(C)C)c1Br. The van der Waals surface area contributed by atoms with Crippen LogP contribution >= 0.6 is 15.9 Å². The Labute approximate surface area is 98.8 Å². The fourth-order valence-electron chi connectivity index (χ4n) is 1.20. The summed E-state index contributed by atoms with van der Waals surface area (Å²) in [5, 5.41) is 0. The van der Waals surface area contributed by atoms with E-state index in [0.717, 1.165) is 10.0 Å². The van der Waals surface area contributed by atoms with Crippen molar-refractivity contribution in [3.05, 3.63) is 28.2 Å². The minimum atomic E-state index is -0.184. The van der Waals surface area contributed by atoms with E-state index >= 15 is 0 Å². The zero-order valence-corrected chi connectivity index (χ0v) is 10.8. The number of benzene rings is 1. The largest absolute Gasteiger partial charge is 0.425 e. The Morgan fingerprint density at radius 3 is 2.73 bits per heavy atom. The Morgan fingerprint density at radius 2 is 2.13 bits per heavy atom. The van der Waals surface area contributed by atoms with Gasteiger partial charge < -0.3 is 4.74 Å². The fraction of sp³-hybridized carbons (Fsp3) is 0.417. The van der Waals surface area contributed by atoms with E-state index in [2.05, 4.69) is 15.9 Å². The summed E-state index contributed by atoms with van der Waals surface area (Å²) in [6.07, 6.45) is 0.445. The molecule has 0 heterocycles. The molecule has 82 valence electrons. The molecular formula is C12H15BrO2. The molecule has 0 aliphatic heterocycles. The molecule has 0 aliphatic carbocycles. The summed E-state index contributed by atoms with van der Waals surface area (Å²) in [4.78, 5) is 11.4. The molecule has 0 saturated carbocycles. The number of halogens is 1. The molecule has 1 aromatic rings. The van der Waals surface area contributed by atoms with Crippen molar-refractivity contribution < 1.29 is 9.53 Å². The summed E-state index contributed by atoms with van der Waals surface area (Å²) in [5.74, 6) is 0.734. The van der Waals surface area contributed by atoms with Crippen molar-refractivity contribution in [1.82, 2.24) is 0 Å². The molecule has 0 amide bonds. The van der Waals surface area contributed by atoms with Gasteiger partial charge in [0, 0.05) is 6.42 Å². The van der Waals surface area contributed by atoms with Gasteiger partial charge in [0.05, 0.1) is 4.47 Å². The normalized spacial score (nSPS) is 10.5. The average molecular weight is 271 g/mol. The lowest BCUT2D eigenvalue weighted by Gasteiger charge is -2.09. The molecule has 0 fully saturated rings. The molecule has 15 heavy (non-hydrogen) atoms. The molecule has 1 rings (SSSR count). The minimum Gasteiger partial charge on any atom is -0.425 e. The van der Waals surface area contributed by atoms with E-state index in [0.29, 0.717) is 18.1 Å². The fourth-order valence-corrected chi connectivity index (χ4v) is 1.54. The predicted molar refractivity (Wildman–Crippen MR) is 64.0 cm³/mol. The second-order valence-corrected chi connectivity index (χ2v) is 4.75. The Kier molecular flexibility index (Phi) is 4.33. The summed E-state index contributed by atoms with van der Waals surface area (Å²) in [6.45, 7) is 5.95. The zero-order chi connectivity index (χ0) is 11.4. The first-order valence-electron chi connectivity index (χ1n) is 4.96. The highest BCUT2D eigenvalue weighted by Crippen LogP contribution is 2.28. The first-order chi connectivity index (χ1) is 7.00. The van der Waals surface area contributed by atoms with Crippen LogP contribution in [0.25, 0.3) is 0 Å². The molecule has 3 heteroatoms. The van der Waals surface area contributed by atoms with Crippen molar-refractivity contribution in [3.8, 4) is 5.75 Å². The van der Waals surface area contributed by atoms with Crippen LogP contribution < -0.4 is 4.74 Å². The van der Waals surface area contributed by atoms with Gasteiger partial charge in [-0.2, -0.15) is 0 Å². The number of carbonyl (C=O) groups is 1. The Balaban J connectivity index is 2.73. The van der Waals surface area contributed by atoms with Crippen molar-refractivity contribution in [2.75, 3.05) is 0 Å². The van der Waals surface area contributed by atoms with Gasteiger partial charge >= 0.3 is 5.97 Å². The summed E-state index contributed by atoms with van der Waals surface area (Å²) in [5.41, 5.74) is 1.06. The van der Waals surface area contributed by atoms with Crippen LogP contribution in [0.5, 0.6) is 5.75 Å². The number of carbonyl (C=O) groups excluding carboxylic acids is 1. The summed E-state index contributed by atoms with van der Waals surface area (Å²) in [7, 11) is 0. The van der Waals surface area contributed by atoms with Gasteiger partial charge in [-0.1, -0.05) is 26.0 Å². The van der Waals surface area contributed by atoms with Crippen molar-refractivity contribution in [2.45, 2.75) is 27.2 Å². The lowest BCUT2D eigenvalue weighted by Crippen LogP contribution is -2.11. The van der Waals surface area contributed by atoms with Crippen LogP contribution in [0, 0.1) is 12.8 Å². The number of esters is 1. The molecular weight excluding hydrogens is 256 g/mol. The third-order valence-corrected chi connectivity index (χ3v) is 2.97. The number of ether oxygens (including phenoxy) is 1. The summed E-state index contributed by atoms with van der Waals surface area (Å²) < 4.78 is 6.10. The van der Waals surface area contributed by atoms with Crippen LogP contribution in [0.1, 0.15) is 25.8 Å². The van der Waals surface area contributed by atoms with Crippen molar-refractivity contribution >= 4 is 21.9 Å². The molecule has 0 radical (unpaired) electrons. The summed E-state index contributed by atoms with van der Waals surface area (Å²) in [6, 6.07) is 5.62. The topological polar surface area (TPSA) is 26.3 Å². The zero-order valence-electron chi connectivity index (χ0n) is 9.21. The molecule has 0 N–H and O–H groups in total. The van der Waals surface area contributed by atoms with E-state index in [1.54, 1.807) is 6.07 Å². The number of hydrogen-bond donors (Lipinski definition) is 0. The second kappa shape index (κ2) is 5.31. The van der Waals surface area contributed by atoms with E-state index in [4.69, 9.17) is 4.74 Å². The second-order valence-electron chi connectivity index (χ2n) is 3.96. The molecule has 1 aromatic carbocycles. The highest BCUT2D eigenvalue weighted by molar-refractivity contribution is 9.10. The maximum Gasteiger partial charge on any atom is 0.311 e. The van der Waals surface area contributed by atoms with Gasteiger partial charge in [0.15, 0.2) is 0 Å². The number of rotatable bonds is 3. The average Bonchev–Trinajstić information content (AvgIpc) is 2.11. The Bertz CT molecular complexity index is 359. The van der Waals surface area contributed by atoms with E-state index in [-0.39, 0.29) is 5.97 Å². The van der Waals surface area contributed by atoms with E-state index in [9.17, 15) is 4.79 Å². The summed E-state index contributed by atoms with van der Waals surface area (Å²) >= 11 is 3.40. The maximum absolute atomic E-state index is 11.4. The van der Waals surface area contributed by atoms with Crippen LogP contribution in [0.2, 0.25) is 0 Å². The van der Waals surface area contributed by atoms with Crippen molar-refractivity contribution in [3.63, 3.8) is 0 Å². The highest BCUT2D eigenvalue weighted by Gasteiger charge is 2.10. The third kappa shape index (κ3) is 3.67. The van der Waals surface area contributed by atoms with Crippen LogP contribution in [-0.2, 0) is 4.79 Å². The van der Waals surface area contributed by atoms with Gasteiger partial charge in [-0.25, -0.2) is 0 Å². The van der Waals surface area contributed by atoms with Crippen LogP contribution in [0.4, 0.5) is 0 Å². The smallest absolute Gasteiger partial charge is 0.311 e. The molecule has 0 atom stereocenters. The van der Waals surface area contributed by atoms with E-state index in [1.165, 1.54) is 0 Å². The quantitative estimate of drug-likeness (QED) is 0.618. The molecule has 0 aromatic heterocycles. The van der Waals surface area contributed by atoms with Gasteiger partial charge in [0.1, 0.15) is 5.75 Å². The van der Waals surface area contributed by atoms with Crippen LogP contribution in [0.15, 0.2) is 22.7 Å². The highest BCUT2D eigenvalue weighted by atomic mass is 79.9. The number of aryl methyl sites for hydroxylation is 1. The molecule has 0 unspecified atom stereocenters. The minimum absolute atomic E-state index is 0.184. The third-order valence-electron chi connectivity index (χ3n) is 1.96. The lowest BCUT2D eigenvalue weighted by atomic mass is 10.1. The monoisotopic (exact) mass is 270 g/mol. The standard InChI is InChI=1S/C12H15BrO2/c1-8(2)7-11(14)15-10-6-4-5-9(3)12(10)13/h4-6,8H,7H2,1-3H3. The van der Waals surface area contributed by atoms with E-state index < -0.39 is 0 Å². The Morgan fingerprint density at radius 1 is 1.47 bits per heavy atom. The van der Waals surface area contributed by atoms with E-state index in [1.807, 2.05) is 32.9 Å². The van der Waals surface area contributed by atoms with Crippen LogP contribution in [-0.4, -0.2) is 5.97 Å². The van der Waals surface area contributed by atoms with Gasteiger partial charge in [-0.15, -0.1) is 0 Å². The molecule has 0 bridgehead atoms. The molecule has 0 aliphatic rings.